The molecule has 0 bridgehead atoms. The van der Waals surface area contributed by atoms with Crippen molar-refractivity contribution in [2.24, 2.45) is 0 Å². The van der Waals surface area contributed by atoms with Gasteiger partial charge in [0.25, 0.3) is 0 Å². The molecule has 0 aliphatic heterocycles. The number of aryl methyl sites for hydroxylation is 1. The van der Waals surface area contributed by atoms with Crippen LogP contribution in [0.25, 0.3) is 0 Å². The van der Waals surface area contributed by atoms with Crippen molar-refractivity contribution in [1.29, 1.82) is 0 Å². The summed E-state index contributed by atoms with van der Waals surface area (Å²) in [5.74, 6) is -1.28. The van der Waals surface area contributed by atoms with Crippen molar-refractivity contribution in [2.75, 3.05) is 5.73 Å². The molecule has 0 aromatic heterocycles. The van der Waals surface area contributed by atoms with Crippen LogP contribution in [0.2, 0.25) is 0 Å². The van der Waals surface area contributed by atoms with Crippen LogP contribution in [0.4, 0.5) is 5.69 Å². The third kappa shape index (κ3) is 3.35. The minimum Gasteiger partial charge on any atom is -0.481 e. The molecule has 19 heavy (non-hydrogen) atoms. The van der Waals surface area contributed by atoms with Crippen LogP contribution in [0.1, 0.15) is 23.5 Å². The molecule has 0 heterocycles. The molecule has 2 aromatic rings. The van der Waals surface area contributed by atoms with Gasteiger partial charge in [-0.15, -0.1) is 0 Å². The Balaban J connectivity index is 2.11. The lowest BCUT2D eigenvalue weighted by Crippen LogP contribution is -2.13. The Kier molecular flexibility index (Phi) is 4.18. The molecule has 98 valence electrons. The zero-order valence-electron chi connectivity index (χ0n) is 10.6. The number of anilines is 1. The molecule has 1 atom stereocenters. The molecule has 0 radical (unpaired) electrons. The van der Waals surface area contributed by atoms with Gasteiger partial charge in [-0.25, -0.2) is 0 Å². The van der Waals surface area contributed by atoms with Crippen LogP contribution < -0.4 is 5.73 Å². The van der Waals surface area contributed by atoms with Crippen molar-refractivity contribution in [1.82, 2.24) is 0 Å². The van der Waals surface area contributed by atoms with Gasteiger partial charge in [-0.3, -0.25) is 4.79 Å². The fourth-order valence-electron chi connectivity index (χ4n) is 2.18. The van der Waals surface area contributed by atoms with Crippen molar-refractivity contribution in [3.63, 3.8) is 0 Å². The zero-order valence-corrected chi connectivity index (χ0v) is 10.6. The molecule has 0 unspecified atom stereocenters. The fourth-order valence-corrected chi connectivity index (χ4v) is 2.18. The van der Waals surface area contributed by atoms with E-state index in [0.29, 0.717) is 12.8 Å². The lowest BCUT2D eigenvalue weighted by Gasteiger charge is -2.13. The van der Waals surface area contributed by atoms with E-state index in [1.54, 1.807) is 0 Å². The average molecular weight is 255 g/mol. The predicted molar refractivity (Wildman–Crippen MR) is 76.0 cm³/mol. The highest BCUT2D eigenvalue weighted by Crippen LogP contribution is 2.23. The van der Waals surface area contributed by atoms with E-state index >= 15 is 0 Å². The number of carboxylic acids is 1. The molecule has 0 aliphatic rings. The number of hydrogen-bond acceptors (Lipinski definition) is 2. The van der Waals surface area contributed by atoms with Gasteiger partial charge >= 0.3 is 5.97 Å². The minimum atomic E-state index is -0.791. The Morgan fingerprint density at radius 2 is 1.68 bits per heavy atom. The number of nitrogen functional groups attached to an aromatic ring is 1. The van der Waals surface area contributed by atoms with Gasteiger partial charge in [0.15, 0.2) is 0 Å². The molecule has 0 aliphatic carbocycles. The summed E-state index contributed by atoms with van der Waals surface area (Å²) in [7, 11) is 0. The summed E-state index contributed by atoms with van der Waals surface area (Å²) >= 11 is 0. The van der Waals surface area contributed by atoms with E-state index in [-0.39, 0.29) is 0 Å². The van der Waals surface area contributed by atoms with E-state index in [1.807, 2.05) is 54.6 Å². The van der Waals surface area contributed by atoms with Crippen LogP contribution >= 0.6 is 0 Å². The quantitative estimate of drug-likeness (QED) is 0.807. The van der Waals surface area contributed by atoms with Gasteiger partial charge in [0.1, 0.15) is 0 Å². The normalized spacial score (nSPS) is 12.0. The number of aliphatic carboxylic acids is 1. The SMILES string of the molecule is Nc1ccccc1CC[C@H](C(=O)O)c1ccccc1. The first-order chi connectivity index (χ1) is 9.18. The van der Waals surface area contributed by atoms with Gasteiger partial charge in [-0.05, 0) is 30.0 Å². The Hall–Kier alpha value is -2.29. The molecule has 2 aromatic carbocycles. The Labute approximate surface area is 112 Å². The Morgan fingerprint density at radius 1 is 1.05 bits per heavy atom. The molecule has 3 heteroatoms. The molecule has 0 spiro atoms. The van der Waals surface area contributed by atoms with Crippen LogP contribution in [0.15, 0.2) is 54.6 Å². The van der Waals surface area contributed by atoms with Crippen molar-refractivity contribution >= 4 is 11.7 Å². The lowest BCUT2D eigenvalue weighted by atomic mass is 9.92. The first-order valence-corrected chi connectivity index (χ1v) is 6.29. The lowest BCUT2D eigenvalue weighted by molar-refractivity contribution is -0.138. The molecular formula is C16H17NO2. The largest absolute Gasteiger partial charge is 0.481 e. The second kappa shape index (κ2) is 6.05. The molecule has 3 nitrogen and oxygen atoms in total. The number of carboxylic acid groups (broad SMARTS) is 1. The topological polar surface area (TPSA) is 63.3 Å². The summed E-state index contributed by atoms with van der Waals surface area (Å²) in [5.41, 5.74) is 8.44. The third-order valence-electron chi connectivity index (χ3n) is 3.26. The second-order valence-electron chi connectivity index (χ2n) is 4.54. The minimum absolute atomic E-state index is 0.485. The van der Waals surface area contributed by atoms with Gasteiger partial charge < -0.3 is 10.8 Å². The molecule has 0 saturated heterocycles. The number of hydrogen-bond donors (Lipinski definition) is 2. The van der Waals surface area contributed by atoms with Crippen molar-refractivity contribution in [2.45, 2.75) is 18.8 Å². The summed E-state index contributed by atoms with van der Waals surface area (Å²) in [6, 6.07) is 16.9. The highest BCUT2D eigenvalue weighted by molar-refractivity contribution is 5.76. The molecule has 0 fully saturated rings. The Bertz CT molecular complexity index is 552. The number of para-hydroxylation sites is 1. The number of benzene rings is 2. The van der Waals surface area contributed by atoms with Crippen LogP contribution in [0.3, 0.4) is 0 Å². The maximum Gasteiger partial charge on any atom is 0.310 e. The van der Waals surface area contributed by atoms with E-state index in [2.05, 4.69) is 0 Å². The smallest absolute Gasteiger partial charge is 0.310 e. The van der Waals surface area contributed by atoms with E-state index in [1.165, 1.54) is 0 Å². The number of rotatable bonds is 5. The molecular weight excluding hydrogens is 238 g/mol. The Morgan fingerprint density at radius 3 is 2.32 bits per heavy atom. The van der Waals surface area contributed by atoms with Crippen LogP contribution in [-0.4, -0.2) is 11.1 Å². The highest BCUT2D eigenvalue weighted by atomic mass is 16.4. The molecule has 0 saturated carbocycles. The second-order valence-corrected chi connectivity index (χ2v) is 4.54. The van der Waals surface area contributed by atoms with E-state index in [0.717, 1.165) is 16.8 Å². The van der Waals surface area contributed by atoms with Gasteiger partial charge in [-0.1, -0.05) is 48.5 Å². The van der Waals surface area contributed by atoms with Gasteiger partial charge in [0.2, 0.25) is 0 Å². The van der Waals surface area contributed by atoms with Crippen molar-refractivity contribution in [3.8, 4) is 0 Å². The summed E-state index contributed by atoms with van der Waals surface area (Å²) in [6.45, 7) is 0. The van der Waals surface area contributed by atoms with E-state index in [9.17, 15) is 9.90 Å². The number of carbonyl (C=O) groups is 1. The maximum absolute atomic E-state index is 11.4. The fraction of sp³-hybridized carbons (Fsp3) is 0.188. The first kappa shape index (κ1) is 13.1. The summed E-state index contributed by atoms with van der Waals surface area (Å²) < 4.78 is 0. The maximum atomic E-state index is 11.4. The van der Waals surface area contributed by atoms with Gasteiger partial charge in [0, 0.05) is 5.69 Å². The average Bonchev–Trinajstić information content (AvgIpc) is 2.42. The summed E-state index contributed by atoms with van der Waals surface area (Å²) in [6.07, 6.45) is 1.21. The summed E-state index contributed by atoms with van der Waals surface area (Å²) in [5, 5.41) is 9.34. The third-order valence-corrected chi connectivity index (χ3v) is 3.26. The van der Waals surface area contributed by atoms with Crippen LogP contribution in [0.5, 0.6) is 0 Å². The van der Waals surface area contributed by atoms with Crippen molar-refractivity contribution < 1.29 is 9.90 Å². The summed E-state index contributed by atoms with van der Waals surface area (Å²) in [4.78, 5) is 11.4. The molecule has 3 N–H and O–H groups in total. The predicted octanol–water partition coefficient (Wildman–Crippen LogP) is 3.07. The van der Waals surface area contributed by atoms with Crippen LogP contribution in [0, 0.1) is 0 Å². The van der Waals surface area contributed by atoms with Gasteiger partial charge in [0.05, 0.1) is 5.92 Å². The molecule has 0 amide bonds. The standard InChI is InChI=1S/C16H17NO2/c17-15-9-5-4-8-13(15)10-11-14(16(18)19)12-6-2-1-3-7-12/h1-9,14H,10-11,17H2,(H,18,19)/t14-/m0/s1. The molecule has 2 rings (SSSR count). The monoisotopic (exact) mass is 255 g/mol. The highest BCUT2D eigenvalue weighted by Gasteiger charge is 2.19. The van der Waals surface area contributed by atoms with Gasteiger partial charge in [-0.2, -0.15) is 0 Å². The van der Waals surface area contributed by atoms with Crippen molar-refractivity contribution in [3.05, 3.63) is 65.7 Å². The zero-order chi connectivity index (χ0) is 13.7. The van der Waals surface area contributed by atoms with Crippen LogP contribution in [-0.2, 0) is 11.2 Å². The van der Waals surface area contributed by atoms with E-state index < -0.39 is 11.9 Å². The first-order valence-electron chi connectivity index (χ1n) is 6.29. The number of nitrogens with two attached hydrogens (primary N) is 1. The van der Waals surface area contributed by atoms with E-state index in [4.69, 9.17) is 5.73 Å².